The molecule has 8 aromatic carbocycles. The van der Waals surface area contributed by atoms with Crippen LogP contribution in [0, 0.1) is 0 Å². The van der Waals surface area contributed by atoms with Crippen molar-refractivity contribution in [1.29, 1.82) is 0 Å². The van der Waals surface area contributed by atoms with Gasteiger partial charge in [-0.25, -0.2) is 0 Å². The van der Waals surface area contributed by atoms with Crippen molar-refractivity contribution in [3.05, 3.63) is 194 Å². The molecular formula is C51H32N2O2. The van der Waals surface area contributed by atoms with Crippen molar-refractivity contribution in [3.63, 3.8) is 0 Å². The molecule has 0 N–H and O–H groups in total. The van der Waals surface area contributed by atoms with Crippen LogP contribution in [0.5, 0.6) is 0 Å². The van der Waals surface area contributed by atoms with Gasteiger partial charge in [0.25, 0.3) is 0 Å². The fraction of sp³-hybridized carbons (Fsp3) is 0. The summed E-state index contributed by atoms with van der Waals surface area (Å²) >= 11 is 0. The molecule has 3 aromatic heterocycles. The Morgan fingerprint density at radius 3 is 1.84 bits per heavy atom. The largest absolute Gasteiger partial charge is 0.456 e. The Hall–Kier alpha value is -7.43. The lowest BCUT2D eigenvalue weighted by Crippen LogP contribution is -2.10. The summed E-state index contributed by atoms with van der Waals surface area (Å²) in [5, 5.41) is 6.70. The number of aromatic nitrogens is 1. The molecule has 0 spiro atoms. The summed E-state index contributed by atoms with van der Waals surface area (Å²) < 4.78 is 13.2. The molecule has 0 aliphatic carbocycles. The van der Waals surface area contributed by atoms with Crippen LogP contribution in [0.3, 0.4) is 0 Å². The lowest BCUT2D eigenvalue weighted by molar-refractivity contribution is 0.669. The molecule has 0 fully saturated rings. The van der Waals surface area contributed by atoms with Crippen molar-refractivity contribution in [2.24, 2.45) is 0 Å². The Labute approximate surface area is 317 Å². The second kappa shape index (κ2) is 12.6. The second-order valence-corrected chi connectivity index (χ2v) is 13.9. The van der Waals surface area contributed by atoms with E-state index in [-0.39, 0.29) is 0 Å². The molecule has 4 nitrogen and oxygen atoms in total. The Balaban J connectivity index is 1.04. The van der Waals surface area contributed by atoms with Gasteiger partial charge in [0, 0.05) is 50.2 Å². The van der Waals surface area contributed by atoms with Gasteiger partial charge in [-0.2, -0.15) is 0 Å². The van der Waals surface area contributed by atoms with Crippen molar-refractivity contribution in [3.8, 4) is 33.5 Å². The first-order valence-corrected chi connectivity index (χ1v) is 18.5. The molecule has 55 heavy (non-hydrogen) atoms. The molecule has 0 unspecified atom stereocenters. The highest BCUT2D eigenvalue weighted by Gasteiger charge is 2.21. The number of para-hydroxylation sites is 3. The molecule has 0 amide bonds. The van der Waals surface area contributed by atoms with Crippen LogP contribution >= 0.6 is 0 Å². The van der Waals surface area contributed by atoms with Gasteiger partial charge in [0.15, 0.2) is 5.58 Å². The maximum absolute atomic E-state index is 6.67. The lowest BCUT2D eigenvalue weighted by atomic mass is 9.93. The molecule has 0 atom stereocenters. The van der Waals surface area contributed by atoms with Crippen LogP contribution in [0.1, 0.15) is 0 Å². The number of hydrogen-bond donors (Lipinski definition) is 0. The molecule has 4 heteroatoms. The monoisotopic (exact) mass is 704 g/mol. The van der Waals surface area contributed by atoms with Gasteiger partial charge in [0.1, 0.15) is 16.7 Å². The van der Waals surface area contributed by atoms with E-state index in [9.17, 15) is 0 Å². The van der Waals surface area contributed by atoms with Gasteiger partial charge in [-0.1, -0.05) is 133 Å². The zero-order valence-electron chi connectivity index (χ0n) is 29.7. The zero-order valence-corrected chi connectivity index (χ0v) is 29.7. The highest BCUT2D eigenvalue weighted by Crippen LogP contribution is 2.45. The molecule has 0 saturated heterocycles. The number of rotatable bonds is 6. The first-order chi connectivity index (χ1) is 27.3. The summed E-state index contributed by atoms with van der Waals surface area (Å²) in [7, 11) is 0. The van der Waals surface area contributed by atoms with Gasteiger partial charge < -0.3 is 13.7 Å². The minimum absolute atomic E-state index is 0.845. The van der Waals surface area contributed by atoms with Gasteiger partial charge in [0.2, 0.25) is 0 Å². The van der Waals surface area contributed by atoms with Gasteiger partial charge in [-0.15, -0.1) is 0 Å². The molecule has 11 aromatic rings. The van der Waals surface area contributed by atoms with Gasteiger partial charge in [0.05, 0.1) is 11.4 Å². The Bertz CT molecular complexity index is 3180. The summed E-state index contributed by atoms with van der Waals surface area (Å²) in [6, 6.07) is 65.6. The summed E-state index contributed by atoms with van der Waals surface area (Å²) in [4.78, 5) is 7.22. The Morgan fingerprint density at radius 2 is 1.04 bits per heavy atom. The third kappa shape index (κ3) is 5.11. The van der Waals surface area contributed by atoms with E-state index in [0.717, 1.165) is 99.8 Å². The first kappa shape index (κ1) is 31.1. The topological polar surface area (TPSA) is 42.4 Å². The smallest absolute Gasteiger partial charge is 0.159 e. The van der Waals surface area contributed by atoms with Crippen LogP contribution in [0.2, 0.25) is 0 Å². The average Bonchev–Trinajstić information content (AvgIpc) is 3.84. The number of hydrogen-bond acceptors (Lipinski definition) is 4. The van der Waals surface area contributed by atoms with Crippen molar-refractivity contribution in [2.75, 3.05) is 4.90 Å². The van der Waals surface area contributed by atoms with E-state index in [1.54, 1.807) is 0 Å². The zero-order chi connectivity index (χ0) is 36.3. The van der Waals surface area contributed by atoms with E-state index in [1.807, 2.05) is 30.5 Å². The fourth-order valence-corrected chi connectivity index (χ4v) is 8.19. The SMILES string of the molecule is c1ccc(-c2ccc(-c3cccc4oc5cc(-c6ccc(N(c7ccccc7)c7cccc8c7oc7ccccc78)cc6)c6ccccc6c5c34)nc2)cc1. The lowest BCUT2D eigenvalue weighted by Gasteiger charge is -2.25. The minimum Gasteiger partial charge on any atom is -0.456 e. The predicted octanol–water partition coefficient (Wildman–Crippen LogP) is 14.5. The van der Waals surface area contributed by atoms with E-state index in [4.69, 9.17) is 13.8 Å². The van der Waals surface area contributed by atoms with Gasteiger partial charge in [-0.3, -0.25) is 4.98 Å². The average molecular weight is 705 g/mol. The second-order valence-electron chi connectivity index (χ2n) is 13.9. The number of nitrogens with zero attached hydrogens (tertiary/aromatic N) is 2. The maximum atomic E-state index is 6.67. The highest BCUT2D eigenvalue weighted by molar-refractivity contribution is 6.25. The van der Waals surface area contributed by atoms with E-state index < -0.39 is 0 Å². The fourth-order valence-electron chi connectivity index (χ4n) is 8.19. The summed E-state index contributed by atoms with van der Waals surface area (Å²) in [6.07, 6.45) is 1.96. The van der Waals surface area contributed by atoms with Crippen molar-refractivity contribution in [2.45, 2.75) is 0 Å². The summed E-state index contributed by atoms with van der Waals surface area (Å²) in [5.74, 6) is 0. The Kier molecular flexibility index (Phi) is 7.14. The summed E-state index contributed by atoms with van der Waals surface area (Å²) in [5.41, 5.74) is 12.9. The molecule has 0 aliphatic heterocycles. The molecule has 0 radical (unpaired) electrons. The molecule has 11 rings (SSSR count). The first-order valence-electron chi connectivity index (χ1n) is 18.5. The van der Waals surface area contributed by atoms with Crippen LogP contribution in [-0.2, 0) is 0 Å². The normalized spacial score (nSPS) is 11.6. The number of fused-ring (bicyclic) bond motifs is 8. The Morgan fingerprint density at radius 1 is 0.382 bits per heavy atom. The van der Waals surface area contributed by atoms with Crippen LogP contribution in [0.15, 0.2) is 203 Å². The number of anilines is 3. The van der Waals surface area contributed by atoms with Crippen molar-refractivity contribution in [1.82, 2.24) is 4.98 Å². The minimum atomic E-state index is 0.845. The van der Waals surface area contributed by atoms with Crippen LogP contribution in [0.4, 0.5) is 17.1 Å². The predicted molar refractivity (Wildman–Crippen MR) is 227 cm³/mol. The van der Waals surface area contributed by atoms with Crippen LogP contribution < -0.4 is 4.90 Å². The van der Waals surface area contributed by atoms with E-state index in [1.165, 1.54) is 5.39 Å². The molecule has 258 valence electrons. The molecule has 0 aliphatic rings. The van der Waals surface area contributed by atoms with Gasteiger partial charge >= 0.3 is 0 Å². The highest BCUT2D eigenvalue weighted by atomic mass is 16.3. The van der Waals surface area contributed by atoms with Gasteiger partial charge in [-0.05, 0) is 82.1 Å². The third-order valence-corrected chi connectivity index (χ3v) is 10.7. The quantitative estimate of drug-likeness (QED) is 0.173. The third-order valence-electron chi connectivity index (χ3n) is 10.7. The van der Waals surface area contributed by atoms with E-state index in [2.05, 4.69) is 169 Å². The van der Waals surface area contributed by atoms with E-state index >= 15 is 0 Å². The standard InChI is InChI=1S/C51H32N2O2/c1-3-13-33(14-4-1)35-27-30-44(52-32-35)42-21-12-24-47-50(42)49-40-19-8-7-17-38(40)43(31-48(49)54-47)34-25-28-37(29-26-34)53(36-15-5-2-6-16-36)45-22-11-20-41-39-18-9-10-23-46(39)55-51(41)45/h1-32H. The molecular weight excluding hydrogens is 673 g/mol. The summed E-state index contributed by atoms with van der Waals surface area (Å²) in [6.45, 7) is 0. The number of benzene rings is 8. The maximum Gasteiger partial charge on any atom is 0.159 e. The van der Waals surface area contributed by atoms with Crippen molar-refractivity contribution >= 4 is 71.7 Å². The van der Waals surface area contributed by atoms with Crippen LogP contribution in [-0.4, -0.2) is 4.98 Å². The molecule has 0 bridgehead atoms. The van der Waals surface area contributed by atoms with Crippen molar-refractivity contribution < 1.29 is 8.83 Å². The number of pyridine rings is 1. The van der Waals surface area contributed by atoms with E-state index in [0.29, 0.717) is 0 Å². The number of furan rings is 2. The molecule has 3 heterocycles. The van der Waals surface area contributed by atoms with Crippen LogP contribution in [0.25, 0.3) is 88.2 Å². The molecule has 0 saturated carbocycles.